The molecule has 0 amide bonds. The van der Waals surface area contributed by atoms with Crippen LogP contribution in [0.25, 0.3) is 0 Å². The zero-order chi connectivity index (χ0) is 28.2. The van der Waals surface area contributed by atoms with Crippen LogP contribution in [-0.4, -0.2) is 255 Å². The second-order valence-corrected chi connectivity index (χ2v) is 7.55. The molecule has 39 heavy (non-hydrogen) atoms. The van der Waals surface area contributed by atoms with Gasteiger partial charge in [0.1, 0.15) is 0 Å². The SMILES string of the molecule is [B]B=BB=BB=BB=BB=BB=BB=BB=BB=BB=BB=BB=BB=BB=BB=BB=BB=BB=BS#B. The first kappa shape index (κ1) is 41.7. The molecule has 0 aromatic carbocycles. The fourth-order valence-electron chi connectivity index (χ4n) is 2.21. The van der Waals surface area contributed by atoms with E-state index in [1.807, 2.05) is 227 Å². The summed E-state index contributed by atoms with van der Waals surface area (Å²) >= 11 is 0. The molecule has 0 saturated carbocycles. The van der Waals surface area contributed by atoms with E-state index in [-0.39, 0.29) is 0 Å². The number of hydrogen-bond donors (Lipinski definition) is 0. The third-order valence-corrected chi connectivity index (χ3v) is 4.25. The van der Waals surface area contributed by atoms with Gasteiger partial charge >= 0.3 is 265 Å². The third-order valence-electron chi connectivity index (χ3n) is 3.93. The molecule has 0 fully saturated rings. The quantitative estimate of drug-likeness (QED) is 0.196. The Kier molecular flexibility index (Phi) is 43.5. The molecule has 0 unspecified atom stereocenters. The van der Waals surface area contributed by atoms with Crippen molar-refractivity contribution < 1.29 is 0 Å². The van der Waals surface area contributed by atoms with Crippen molar-refractivity contribution in [3.8, 4) is 0 Å². The zero-order valence-corrected chi connectivity index (χ0v) is 23.2. The Hall–Kier alpha value is 2.69. The van der Waals surface area contributed by atoms with Crippen LogP contribution in [0.4, 0.5) is 0 Å². The summed E-state index contributed by atoms with van der Waals surface area (Å²) in [6, 6.07) is 0. The molecule has 0 nitrogen and oxygen atoms in total. The first-order chi connectivity index (χ1) is 19.4. The van der Waals surface area contributed by atoms with Crippen LogP contribution < -0.4 is 0 Å². The molecule has 0 aromatic heterocycles. The summed E-state index contributed by atoms with van der Waals surface area (Å²) in [6.45, 7) is 73.6. The normalized spacial score (nSPS) is 7.74. The van der Waals surface area contributed by atoms with Crippen LogP contribution in [-0.2, 0) is 0 Å². The molecule has 0 spiro atoms. The summed E-state index contributed by atoms with van der Waals surface area (Å²) in [5.41, 5.74) is 0. The van der Waals surface area contributed by atoms with Crippen molar-refractivity contribution in [3.63, 3.8) is 0 Å². The van der Waals surface area contributed by atoms with Crippen LogP contribution in [0.5, 0.6) is 0 Å². The van der Waals surface area contributed by atoms with Gasteiger partial charge in [0, 0.05) is 0 Å². The summed E-state index contributed by atoms with van der Waals surface area (Å²) in [5, 5.41) is 0. The van der Waals surface area contributed by atoms with Gasteiger partial charge in [-0.05, 0) is 0 Å². The van der Waals surface area contributed by atoms with E-state index < -0.39 is 0 Å². The predicted molar refractivity (Wildman–Crippen MR) is 226 cm³/mol. The van der Waals surface area contributed by atoms with Crippen LogP contribution in [0, 0.1) is 0 Å². The zero-order valence-electron chi connectivity index (χ0n) is 22.3. The molecule has 0 aliphatic rings. The van der Waals surface area contributed by atoms with Crippen molar-refractivity contribution in [3.05, 3.63) is 0 Å². The maximum atomic E-state index is 5.28. The van der Waals surface area contributed by atoms with Gasteiger partial charge in [-0.3, -0.25) is 0 Å². The monoisotopic (exact) mass is 450 g/mol. The van der Waals surface area contributed by atoms with E-state index in [0.29, 0.717) is 0 Å². The molecule has 2 radical (unpaired) electrons. The van der Waals surface area contributed by atoms with Gasteiger partial charge in [-0.15, -0.1) is 0 Å². The Morgan fingerprint density at radius 3 is 0.538 bits per heavy atom. The Balaban J connectivity index is 4.02. The molecule has 0 aliphatic carbocycles. The minimum atomic E-state index is 1.19. The molecule has 39 heteroatoms. The van der Waals surface area contributed by atoms with Gasteiger partial charge < -0.3 is 0 Å². The van der Waals surface area contributed by atoms with Gasteiger partial charge in [-0.25, -0.2) is 0 Å². The Bertz CT molecular complexity index is 1190. The topological polar surface area (TPSA) is 0 Å². The molecule has 0 atom stereocenters. The van der Waals surface area contributed by atoms with Crippen molar-refractivity contribution in [1.29, 1.82) is 0 Å². The first-order valence-corrected chi connectivity index (χ1v) is 13.4. The van der Waals surface area contributed by atoms with Crippen LogP contribution in [0.1, 0.15) is 0 Å². The summed E-state index contributed by atoms with van der Waals surface area (Å²) in [6.07, 6.45) is 1.82. The van der Waals surface area contributed by atoms with Gasteiger partial charge in [-0.2, -0.15) is 0 Å². The average Bonchev–Trinajstić information content (AvgIpc) is 2.95. The molecule has 0 N–H and O–H groups in total. The summed E-state index contributed by atoms with van der Waals surface area (Å²) in [5.74, 6) is 0. The fraction of sp³-hybridized carbons (Fsp3) is 0. The molecular formula is B38S. The Labute approximate surface area is 263 Å². The maximum absolute atomic E-state index is 5.28. The van der Waals surface area contributed by atoms with Gasteiger partial charge in [0.05, 0.1) is 0 Å². The summed E-state index contributed by atoms with van der Waals surface area (Å²) in [4.78, 5) is 0. The number of hydrogen-bond acceptors (Lipinski definition) is 0. The molecule has 120 valence electrons. The van der Waals surface area contributed by atoms with E-state index in [2.05, 4.69) is 0 Å². The molecule has 0 aliphatic heterocycles. The van der Waals surface area contributed by atoms with Crippen LogP contribution in [0.3, 0.4) is 0 Å². The van der Waals surface area contributed by atoms with Crippen LogP contribution >= 0.6 is 10.8 Å². The Morgan fingerprint density at radius 1 is 0.231 bits per heavy atom. The van der Waals surface area contributed by atoms with Gasteiger partial charge in [0.15, 0.2) is 0 Å². The van der Waals surface area contributed by atoms with Gasteiger partial charge in [-0.1, -0.05) is 0 Å². The molecule has 0 saturated heterocycles. The second kappa shape index (κ2) is 40.7. The second-order valence-electron chi connectivity index (χ2n) is 7.01. The van der Waals surface area contributed by atoms with Gasteiger partial charge in [0.25, 0.3) is 0 Å². The molecule has 0 rings (SSSR count). The van der Waals surface area contributed by atoms with Crippen molar-refractivity contribution >= 4 is 265 Å². The van der Waals surface area contributed by atoms with E-state index in [0.717, 1.165) is 0 Å². The van der Waals surface area contributed by atoms with Crippen molar-refractivity contribution in [2.45, 2.75) is 0 Å². The summed E-state index contributed by atoms with van der Waals surface area (Å²) < 4.78 is 0. The molecule has 0 aromatic rings. The van der Waals surface area contributed by atoms with Crippen molar-refractivity contribution in [2.24, 2.45) is 0 Å². The van der Waals surface area contributed by atoms with Crippen molar-refractivity contribution in [2.75, 3.05) is 0 Å². The fourth-order valence-corrected chi connectivity index (χ4v) is 2.39. The summed E-state index contributed by atoms with van der Waals surface area (Å²) in [7, 11) is 6.43. The van der Waals surface area contributed by atoms with E-state index >= 15 is 0 Å². The first-order valence-electron chi connectivity index (χ1n) is 12.5. The Morgan fingerprint density at radius 2 is 0.385 bits per heavy atom. The van der Waals surface area contributed by atoms with E-state index in [1.54, 1.807) is 6.69 Å². The van der Waals surface area contributed by atoms with E-state index in [1.165, 1.54) is 17.5 Å². The van der Waals surface area contributed by atoms with Crippen LogP contribution in [0.2, 0.25) is 0 Å². The van der Waals surface area contributed by atoms with Crippen molar-refractivity contribution in [1.82, 2.24) is 0 Å². The molecule has 0 bridgehead atoms. The van der Waals surface area contributed by atoms with Crippen LogP contribution in [0.15, 0.2) is 0 Å². The molecular weight excluding hydrogens is 443 g/mol. The minimum absolute atomic E-state index is 1.19. The van der Waals surface area contributed by atoms with Gasteiger partial charge in [0.2, 0.25) is 0 Å². The van der Waals surface area contributed by atoms with E-state index in [9.17, 15) is 0 Å². The molecule has 0 heterocycles. The standard InChI is InChI=1S/B38S/c1-3-4-5-6-7-8-9-10-11-12-13-14-15-16-17-18-19-20-21-22-23-24-25-26-27-28-29-30-31-32-33-34-35-36-37-38-39-2. The third kappa shape index (κ3) is 40.7. The predicted octanol–water partition coefficient (Wildman–Crippen LogP) is -13.8. The average molecular weight is 443 g/mol. The van der Waals surface area contributed by atoms with E-state index in [4.69, 9.17) is 14.3 Å². The number of rotatable bonds is 17.